The van der Waals surface area contributed by atoms with Crippen molar-refractivity contribution in [3.8, 4) is 11.8 Å². The van der Waals surface area contributed by atoms with E-state index in [1.54, 1.807) is 23.1 Å². The molecule has 18 heavy (non-hydrogen) atoms. The Morgan fingerprint density at radius 3 is 2.78 bits per heavy atom. The fraction of sp³-hybridized carbons (Fsp3) is 0.143. The van der Waals surface area contributed by atoms with Crippen LogP contribution in [0.5, 0.6) is 0 Å². The highest BCUT2D eigenvalue weighted by Gasteiger charge is 2.00. The lowest BCUT2D eigenvalue weighted by Crippen LogP contribution is -1.75. The van der Waals surface area contributed by atoms with Gasteiger partial charge in [0.1, 0.15) is 6.61 Å². The largest absolute Gasteiger partial charge is 0.384 e. The van der Waals surface area contributed by atoms with Crippen molar-refractivity contribution in [3.05, 3.63) is 51.2 Å². The lowest BCUT2D eigenvalue weighted by atomic mass is 10.3. The minimum absolute atomic E-state index is 0.0926. The molecule has 0 saturated heterocycles. The van der Waals surface area contributed by atoms with Crippen molar-refractivity contribution in [2.24, 2.45) is 0 Å². The molecule has 0 radical (unpaired) electrons. The normalized spacial score (nSPS) is 9.89. The van der Waals surface area contributed by atoms with Crippen LogP contribution in [-0.4, -0.2) is 11.7 Å². The summed E-state index contributed by atoms with van der Waals surface area (Å²) in [6.07, 6.45) is 0. The van der Waals surface area contributed by atoms with Crippen molar-refractivity contribution in [3.63, 3.8) is 0 Å². The van der Waals surface area contributed by atoms with Crippen LogP contribution in [-0.2, 0) is 5.75 Å². The van der Waals surface area contributed by atoms with E-state index in [4.69, 9.17) is 16.7 Å². The van der Waals surface area contributed by atoms with Crippen LogP contribution in [0.2, 0.25) is 5.02 Å². The Hall–Kier alpha value is -0.920. The lowest BCUT2D eigenvalue weighted by Gasteiger charge is -1.99. The molecule has 0 atom stereocenters. The first-order chi connectivity index (χ1) is 8.78. The van der Waals surface area contributed by atoms with Gasteiger partial charge in [0.25, 0.3) is 0 Å². The maximum absolute atomic E-state index is 8.62. The summed E-state index contributed by atoms with van der Waals surface area (Å²) in [5.41, 5.74) is 0.973. The highest BCUT2D eigenvalue weighted by molar-refractivity contribution is 7.98. The molecule has 0 amide bonds. The number of hydrogen-bond donors (Lipinski definition) is 1. The minimum atomic E-state index is -0.0926. The summed E-state index contributed by atoms with van der Waals surface area (Å²) in [7, 11) is 0. The summed E-state index contributed by atoms with van der Waals surface area (Å²) < 4.78 is 0. The molecule has 1 aromatic carbocycles. The predicted octanol–water partition coefficient (Wildman–Crippen LogP) is 4.04. The second-order valence-corrected chi connectivity index (χ2v) is 5.99. The molecule has 1 N–H and O–H groups in total. The van der Waals surface area contributed by atoms with Gasteiger partial charge in [-0.25, -0.2) is 0 Å². The van der Waals surface area contributed by atoms with Gasteiger partial charge in [0.2, 0.25) is 0 Å². The van der Waals surface area contributed by atoms with Crippen LogP contribution >= 0.6 is 34.7 Å². The Labute approximate surface area is 120 Å². The van der Waals surface area contributed by atoms with Crippen molar-refractivity contribution in [1.82, 2.24) is 0 Å². The Balaban J connectivity index is 1.94. The number of thioether (sulfide) groups is 1. The molecule has 0 unspecified atom stereocenters. The molecule has 2 aromatic rings. The van der Waals surface area contributed by atoms with Crippen molar-refractivity contribution >= 4 is 34.7 Å². The standard InChI is InChI=1S/C14H11ClOS2/c15-12-3-5-13(6-4-12)18-10-14-8-11(9-17-14)2-1-7-16/h3-6,8-9,16H,7,10H2. The zero-order valence-electron chi connectivity index (χ0n) is 9.52. The van der Waals surface area contributed by atoms with Crippen LogP contribution in [0.25, 0.3) is 0 Å². The summed E-state index contributed by atoms with van der Waals surface area (Å²) in [5.74, 6) is 6.48. The molecule has 0 bridgehead atoms. The van der Waals surface area contributed by atoms with E-state index in [1.165, 1.54) is 9.77 Å². The van der Waals surface area contributed by atoms with E-state index in [2.05, 4.69) is 17.9 Å². The Kier molecular flexibility index (Phi) is 5.15. The van der Waals surface area contributed by atoms with Gasteiger partial charge in [-0.3, -0.25) is 0 Å². The van der Waals surface area contributed by atoms with E-state index in [9.17, 15) is 0 Å². The minimum Gasteiger partial charge on any atom is -0.384 e. The second kappa shape index (κ2) is 6.86. The van der Waals surface area contributed by atoms with Gasteiger partial charge in [-0.05, 0) is 30.3 Å². The Morgan fingerprint density at radius 1 is 1.28 bits per heavy atom. The fourth-order valence-electron chi connectivity index (χ4n) is 1.35. The Morgan fingerprint density at radius 2 is 2.06 bits per heavy atom. The number of thiophene rings is 1. The quantitative estimate of drug-likeness (QED) is 0.681. The number of hydrogen-bond acceptors (Lipinski definition) is 3. The van der Waals surface area contributed by atoms with E-state index in [-0.39, 0.29) is 6.61 Å². The van der Waals surface area contributed by atoms with Crippen molar-refractivity contribution in [2.75, 3.05) is 6.61 Å². The van der Waals surface area contributed by atoms with Gasteiger partial charge in [0.05, 0.1) is 0 Å². The molecular formula is C14H11ClOS2. The van der Waals surface area contributed by atoms with Gasteiger partial charge in [-0.1, -0.05) is 23.4 Å². The third kappa shape index (κ3) is 4.08. The first kappa shape index (κ1) is 13.5. The van der Waals surface area contributed by atoms with Gasteiger partial charge in [0, 0.05) is 31.5 Å². The summed E-state index contributed by atoms with van der Waals surface area (Å²) in [4.78, 5) is 2.48. The van der Waals surface area contributed by atoms with Crippen molar-refractivity contribution in [2.45, 2.75) is 10.6 Å². The second-order valence-electron chi connectivity index (χ2n) is 3.50. The molecule has 1 aromatic heterocycles. The molecule has 2 rings (SSSR count). The van der Waals surface area contributed by atoms with Gasteiger partial charge in [0.15, 0.2) is 0 Å². The van der Waals surface area contributed by atoms with Crippen LogP contribution in [0.3, 0.4) is 0 Å². The fourth-order valence-corrected chi connectivity index (χ4v) is 3.24. The molecule has 0 fully saturated rings. The van der Waals surface area contributed by atoms with Crippen molar-refractivity contribution in [1.29, 1.82) is 0 Å². The SMILES string of the molecule is OCC#Cc1csc(CSc2ccc(Cl)cc2)c1. The van der Waals surface area contributed by atoms with Gasteiger partial charge >= 0.3 is 0 Å². The third-order valence-corrected chi connectivity index (χ3v) is 4.59. The van der Waals surface area contributed by atoms with Gasteiger partial charge < -0.3 is 5.11 Å². The average molecular weight is 295 g/mol. The molecule has 92 valence electrons. The number of halogens is 1. The average Bonchev–Trinajstić information content (AvgIpc) is 2.84. The highest BCUT2D eigenvalue weighted by Crippen LogP contribution is 2.27. The number of benzene rings is 1. The van der Waals surface area contributed by atoms with E-state index in [1.807, 2.05) is 29.6 Å². The molecule has 0 aliphatic heterocycles. The van der Waals surface area contributed by atoms with Crippen molar-refractivity contribution < 1.29 is 5.11 Å². The first-order valence-electron chi connectivity index (χ1n) is 5.33. The van der Waals surface area contributed by atoms with Crippen LogP contribution in [0, 0.1) is 11.8 Å². The number of aliphatic hydroxyl groups is 1. The summed E-state index contributed by atoms with van der Waals surface area (Å²) in [6.45, 7) is -0.0926. The molecule has 0 aliphatic rings. The molecule has 4 heteroatoms. The van der Waals surface area contributed by atoms with Crippen LogP contribution in [0.15, 0.2) is 40.6 Å². The summed E-state index contributed by atoms with van der Waals surface area (Å²) in [6, 6.07) is 9.91. The Bertz CT molecular complexity index is 563. The summed E-state index contributed by atoms with van der Waals surface area (Å²) in [5, 5.41) is 11.4. The first-order valence-corrected chi connectivity index (χ1v) is 7.58. The molecule has 0 spiro atoms. The van der Waals surface area contributed by atoms with E-state index < -0.39 is 0 Å². The maximum atomic E-state index is 8.62. The molecule has 0 saturated carbocycles. The lowest BCUT2D eigenvalue weighted by molar-refractivity contribution is 0.350. The predicted molar refractivity (Wildman–Crippen MR) is 79.3 cm³/mol. The summed E-state index contributed by atoms with van der Waals surface area (Å²) >= 11 is 9.30. The monoisotopic (exact) mass is 294 g/mol. The van der Waals surface area contributed by atoms with E-state index in [0.717, 1.165) is 16.3 Å². The number of aliphatic hydroxyl groups excluding tert-OH is 1. The van der Waals surface area contributed by atoms with Crippen LogP contribution in [0.1, 0.15) is 10.4 Å². The molecule has 0 aliphatic carbocycles. The zero-order valence-corrected chi connectivity index (χ0v) is 11.9. The van der Waals surface area contributed by atoms with Crippen LogP contribution in [0.4, 0.5) is 0 Å². The highest BCUT2D eigenvalue weighted by atomic mass is 35.5. The zero-order chi connectivity index (χ0) is 12.8. The van der Waals surface area contributed by atoms with E-state index >= 15 is 0 Å². The molecular weight excluding hydrogens is 284 g/mol. The van der Waals surface area contributed by atoms with E-state index in [0.29, 0.717) is 0 Å². The molecule has 1 nitrogen and oxygen atoms in total. The number of rotatable bonds is 3. The van der Waals surface area contributed by atoms with Gasteiger partial charge in [-0.2, -0.15) is 0 Å². The third-order valence-electron chi connectivity index (χ3n) is 2.16. The topological polar surface area (TPSA) is 20.2 Å². The smallest absolute Gasteiger partial charge is 0.104 e. The molecule has 1 heterocycles. The van der Waals surface area contributed by atoms with Crippen LogP contribution < -0.4 is 0 Å². The van der Waals surface area contributed by atoms with Gasteiger partial charge in [-0.15, -0.1) is 23.1 Å². The maximum Gasteiger partial charge on any atom is 0.104 e.